The fourth-order valence-electron chi connectivity index (χ4n) is 3.02. The minimum Gasteiger partial charge on any atom is -0.423 e. The monoisotopic (exact) mass is 279 g/mol. The van der Waals surface area contributed by atoms with Crippen LogP contribution in [0.4, 0.5) is 4.39 Å². The van der Waals surface area contributed by atoms with Gasteiger partial charge in [0.2, 0.25) is 0 Å². The molecule has 1 aliphatic rings. The van der Waals surface area contributed by atoms with Crippen molar-refractivity contribution in [3.05, 3.63) is 29.6 Å². The first kappa shape index (κ1) is 15.5. The summed E-state index contributed by atoms with van der Waals surface area (Å²) >= 11 is 0. The van der Waals surface area contributed by atoms with Crippen LogP contribution < -0.4 is 5.46 Å². The molecule has 110 valence electrons. The summed E-state index contributed by atoms with van der Waals surface area (Å²) in [5.41, 5.74) is 0.800. The number of hydrogen-bond acceptors (Lipinski definition) is 3. The van der Waals surface area contributed by atoms with Crippen molar-refractivity contribution in [2.24, 2.45) is 5.92 Å². The SMILES string of the molecule is CN(Cc1ccc(B(O)O)cc1F)CC1CCCCC1. The quantitative estimate of drug-likeness (QED) is 0.803. The van der Waals surface area contributed by atoms with Gasteiger partial charge in [-0.25, -0.2) is 4.39 Å². The molecule has 0 atom stereocenters. The van der Waals surface area contributed by atoms with Crippen molar-refractivity contribution in [2.45, 2.75) is 38.6 Å². The molecule has 0 spiro atoms. The highest BCUT2D eigenvalue weighted by Gasteiger charge is 2.17. The van der Waals surface area contributed by atoms with Gasteiger partial charge in [0.15, 0.2) is 0 Å². The van der Waals surface area contributed by atoms with Gasteiger partial charge in [-0.3, -0.25) is 0 Å². The predicted octanol–water partition coefficient (Wildman–Crippen LogP) is 1.52. The van der Waals surface area contributed by atoms with E-state index in [4.69, 9.17) is 10.0 Å². The van der Waals surface area contributed by atoms with Crippen LogP contribution >= 0.6 is 0 Å². The molecule has 1 aromatic rings. The molecule has 20 heavy (non-hydrogen) atoms. The molecule has 3 nitrogen and oxygen atoms in total. The lowest BCUT2D eigenvalue weighted by atomic mass is 9.80. The first-order chi connectivity index (χ1) is 9.56. The van der Waals surface area contributed by atoms with Crippen LogP contribution in [0.25, 0.3) is 0 Å². The Morgan fingerprint density at radius 1 is 1.25 bits per heavy atom. The second-order valence-corrected chi connectivity index (χ2v) is 5.93. The van der Waals surface area contributed by atoms with Gasteiger partial charge in [-0.05, 0) is 37.3 Å². The summed E-state index contributed by atoms with van der Waals surface area (Å²) in [6, 6.07) is 4.41. The van der Waals surface area contributed by atoms with Crippen LogP contribution in [0.1, 0.15) is 37.7 Å². The summed E-state index contributed by atoms with van der Waals surface area (Å²) in [7, 11) is 0.404. The zero-order chi connectivity index (χ0) is 14.5. The maximum absolute atomic E-state index is 13.9. The van der Waals surface area contributed by atoms with Crippen molar-refractivity contribution in [3.8, 4) is 0 Å². The number of nitrogens with zero attached hydrogens (tertiary/aromatic N) is 1. The molecule has 0 aromatic heterocycles. The van der Waals surface area contributed by atoms with Crippen molar-refractivity contribution < 1.29 is 14.4 Å². The smallest absolute Gasteiger partial charge is 0.423 e. The van der Waals surface area contributed by atoms with E-state index in [0.717, 1.165) is 12.5 Å². The van der Waals surface area contributed by atoms with Crippen LogP contribution in [0, 0.1) is 11.7 Å². The zero-order valence-electron chi connectivity index (χ0n) is 12.1. The molecule has 1 aromatic carbocycles. The average molecular weight is 279 g/mol. The van der Waals surface area contributed by atoms with Gasteiger partial charge >= 0.3 is 7.12 Å². The number of benzene rings is 1. The molecule has 0 heterocycles. The van der Waals surface area contributed by atoms with Crippen molar-refractivity contribution >= 4 is 12.6 Å². The highest BCUT2D eigenvalue weighted by atomic mass is 19.1. The van der Waals surface area contributed by atoms with E-state index in [9.17, 15) is 4.39 Å². The molecular formula is C15H23BFNO2. The van der Waals surface area contributed by atoms with Gasteiger partial charge in [0.25, 0.3) is 0 Å². The molecule has 0 aliphatic heterocycles. The van der Waals surface area contributed by atoms with Gasteiger partial charge in [0.05, 0.1) is 0 Å². The van der Waals surface area contributed by atoms with E-state index in [1.807, 2.05) is 7.05 Å². The van der Waals surface area contributed by atoms with E-state index in [-0.39, 0.29) is 11.3 Å². The van der Waals surface area contributed by atoms with E-state index in [1.165, 1.54) is 38.2 Å². The Morgan fingerprint density at radius 3 is 2.55 bits per heavy atom. The minimum atomic E-state index is -1.61. The van der Waals surface area contributed by atoms with Crippen LogP contribution in [0.5, 0.6) is 0 Å². The van der Waals surface area contributed by atoms with Crippen LogP contribution in [0.15, 0.2) is 18.2 Å². The topological polar surface area (TPSA) is 43.7 Å². The summed E-state index contributed by atoms with van der Waals surface area (Å²) in [6.07, 6.45) is 6.54. The fourth-order valence-corrected chi connectivity index (χ4v) is 3.02. The van der Waals surface area contributed by atoms with Crippen molar-refractivity contribution in [1.82, 2.24) is 4.90 Å². The highest BCUT2D eigenvalue weighted by Crippen LogP contribution is 2.24. The maximum atomic E-state index is 13.9. The van der Waals surface area contributed by atoms with E-state index in [2.05, 4.69) is 4.90 Å². The second-order valence-electron chi connectivity index (χ2n) is 5.93. The van der Waals surface area contributed by atoms with Crippen LogP contribution in [0.3, 0.4) is 0 Å². The maximum Gasteiger partial charge on any atom is 0.488 e. The van der Waals surface area contributed by atoms with Crippen LogP contribution in [-0.2, 0) is 6.54 Å². The third-order valence-corrected chi connectivity index (χ3v) is 4.11. The van der Waals surface area contributed by atoms with Gasteiger partial charge in [-0.1, -0.05) is 31.4 Å². The average Bonchev–Trinajstić information content (AvgIpc) is 2.42. The molecule has 0 radical (unpaired) electrons. The third kappa shape index (κ3) is 4.30. The lowest BCUT2D eigenvalue weighted by Gasteiger charge is -2.27. The highest BCUT2D eigenvalue weighted by molar-refractivity contribution is 6.58. The number of rotatable bonds is 5. The van der Waals surface area contributed by atoms with E-state index in [0.29, 0.717) is 12.1 Å². The Kier molecular flexibility index (Phi) is 5.58. The Labute approximate surface area is 120 Å². The van der Waals surface area contributed by atoms with Crippen molar-refractivity contribution in [2.75, 3.05) is 13.6 Å². The summed E-state index contributed by atoms with van der Waals surface area (Å²) in [5.74, 6) is 0.362. The van der Waals surface area contributed by atoms with E-state index >= 15 is 0 Å². The molecule has 0 bridgehead atoms. The molecule has 0 unspecified atom stereocenters. The normalized spacial score (nSPS) is 16.6. The molecule has 2 N–H and O–H groups in total. The van der Waals surface area contributed by atoms with Gasteiger partial charge < -0.3 is 14.9 Å². The second kappa shape index (κ2) is 7.20. The van der Waals surface area contributed by atoms with Gasteiger partial charge in [0, 0.05) is 18.7 Å². The van der Waals surface area contributed by atoms with Crippen molar-refractivity contribution in [1.29, 1.82) is 0 Å². The summed E-state index contributed by atoms with van der Waals surface area (Å²) in [6.45, 7) is 1.56. The van der Waals surface area contributed by atoms with Crippen LogP contribution in [0.2, 0.25) is 0 Å². The zero-order valence-corrected chi connectivity index (χ0v) is 12.1. The van der Waals surface area contributed by atoms with Gasteiger partial charge in [-0.2, -0.15) is 0 Å². The molecule has 1 fully saturated rings. The molecule has 0 amide bonds. The van der Waals surface area contributed by atoms with Crippen molar-refractivity contribution in [3.63, 3.8) is 0 Å². The predicted molar refractivity (Wildman–Crippen MR) is 79.1 cm³/mol. The summed E-state index contributed by atoms with van der Waals surface area (Å²) in [5, 5.41) is 18.0. The van der Waals surface area contributed by atoms with Gasteiger partial charge in [0.1, 0.15) is 5.82 Å². The lowest BCUT2D eigenvalue weighted by Crippen LogP contribution is -2.31. The van der Waals surface area contributed by atoms with E-state index < -0.39 is 7.12 Å². The molecule has 2 rings (SSSR count). The molecular weight excluding hydrogens is 256 g/mol. The fraction of sp³-hybridized carbons (Fsp3) is 0.600. The first-order valence-corrected chi connectivity index (χ1v) is 7.39. The Balaban J connectivity index is 1.91. The Bertz CT molecular complexity index is 436. The number of hydrogen-bond donors (Lipinski definition) is 2. The van der Waals surface area contributed by atoms with E-state index in [1.54, 1.807) is 12.1 Å². The Hall–Kier alpha value is -0.905. The third-order valence-electron chi connectivity index (χ3n) is 4.11. The van der Waals surface area contributed by atoms with Crippen LogP contribution in [-0.4, -0.2) is 35.7 Å². The Morgan fingerprint density at radius 2 is 1.95 bits per heavy atom. The molecule has 1 saturated carbocycles. The molecule has 0 saturated heterocycles. The largest absolute Gasteiger partial charge is 0.488 e. The lowest BCUT2D eigenvalue weighted by molar-refractivity contribution is 0.226. The standard InChI is InChI=1S/C15H23BFNO2/c1-18(10-12-5-3-2-4-6-12)11-13-7-8-14(16(19)20)9-15(13)17/h7-9,12,19-20H,2-6,10-11H2,1H3. The molecule has 1 aliphatic carbocycles. The first-order valence-electron chi connectivity index (χ1n) is 7.39. The molecule has 5 heteroatoms. The summed E-state index contributed by atoms with van der Waals surface area (Å²) in [4.78, 5) is 2.16. The summed E-state index contributed by atoms with van der Waals surface area (Å²) < 4.78 is 13.9. The minimum absolute atomic E-state index is 0.196. The number of halogens is 1. The van der Waals surface area contributed by atoms with Gasteiger partial charge in [-0.15, -0.1) is 0 Å².